The topological polar surface area (TPSA) is 363 Å². The summed E-state index contributed by atoms with van der Waals surface area (Å²) >= 11 is 0. The van der Waals surface area contributed by atoms with Crippen molar-refractivity contribution >= 4 is 102 Å². The second-order valence-electron chi connectivity index (χ2n) is 13.7. The average molecular weight is 996 g/mol. The Bertz CT molecular complexity index is 3120. The third-order valence-electron chi connectivity index (χ3n) is 8.92. The second kappa shape index (κ2) is 22.1. The van der Waals surface area contributed by atoms with E-state index < -0.39 is 66.1 Å². The van der Waals surface area contributed by atoms with Crippen molar-refractivity contribution in [3.05, 3.63) is 108 Å². The first-order valence-corrected chi connectivity index (χ1v) is 24.2. The molecule has 0 spiro atoms. The molecule has 2 amide bonds. The Kier molecular flexibility index (Phi) is 17.9. The van der Waals surface area contributed by atoms with Crippen molar-refractivity contribution in [2.24, 2.45) is 20.5 Å². The molecule has 0 fully saturated rings. The molecule has 0 saturated heterocycles. The van der Waals surface area contributed by atoms with E-state index in [4.69, 9.17) is 10.2 Å². The van der Waals surface area contributed by atoms with E-state index in [2.05, 4.69) is 36.4 Å². The molecular formula is C39H38N7NaO15S4. The van der Waals surface area contributed by atoms with Crippen LogP contribution in [0.2, 0.25) is 0 Å². The number of aliphatic hydroxyl groups excluding tert-OH is 2. The molecule has 0 atom stereocenters. The number of aliphatic hydroxyl groups is 2. The van der Waals surface area contributed by atoms with Crippen molar-refractivity contribution in [1.82, 2.24) is 5.32 Å². The Labute approximate surface area is 400 Å². The van der Waals surface area contributed by atoms with Crippen LogP contribution < -0.4 is 45.5 Å². The number of carbonyl (C=O) groups is 1. The molecule has 344 valence electrons. The normalized spacial score (nSPS) is 12.2. The van der Waals surface area contributed by atoms with Gasteiger partial charge in [-0.2, -0.15) is 45.7 Å². The fourth-order valence-corrected chi connectivity index (χ4v) is 8.59. The maximum Gasteiger partial charge on any atom is 1.00 e. The molecule has 0 aliphatic rings. The van der Waals surface area contributed by atoms with E-state index in [1.807, 2.05) is 0 Å². The Morgan fingerprint density at radius 1 is 0.545 bits per heavy atom. The third-order valence-corrected chi connectivity index (χ3v) is 12.4. The van der Waals surface area contributed by atoms with Gasteiger partial charge in [-0.15, -0.1) is 0 Å². The Morgan fingerprint density at radius 2 is 0.955 bits per heavy atom. The number of anilines is 2. The van der Waals surface area contributed by atoms with Crippen molar-refractivity contribution in [1.29, 1.82) is 0 Å². The zero-order valence-corrected chi connectivity index (χ0v) is 40.1. The molecule has 0 saturated carbocycles. The van der Waals surface area contributed by atoms with Crippen LogP contribution in [0.3, 0.4) is 0 Å². The Hall–Kier alpha value is -5.17. The van der Waals surface area contributed by atoms with Crippen LogP contribution in [0.1, 0.15) is 11.1 Å². The molecule has 8 N–H and O–H groups in total. The molecule has 0 aliphatic carbocycles. The molecule has 0 radical (unpaired) electrons. The van der Waals surface area contributed by atoms with Gasteiger partial charge in [0.1, 0.15) is 15.0 Å². The monoisotopic (exact) mass is 995 g/mol. The van der Waals surface area contributed by atoms with Crippen molar-refractivity contribution in [2.75, 3.05) is 36.9 Å². The van der Waals surface area contributed by atoms with E-state index in [-0.39, 0.29) is 75.7 Å². The Morgan fingerprint density at radius 3 is 1.32 bits per heavy atom. The smallest absolute Gasteiger partial charge is 0.744 e. The van der Waals surface area contributed by atoms with Gasteiger partial charge in [0.15, 0.2) is 0 Å². The second-order valence-corrected chi connectivity index (χ2v) is 19.3. The van der Waals surface area contributed by atoms with Gasteiger partial charge in [0.25, 0.3) is 30.4 Å². The quantitative estimate of drug-likeness (QED) is 0.0336. The molecule has 66 heavy (non-hydrogen) atoms. The summed E-state index contributed by atoms with van der Waals surface area (Å²) in [4.78, 5) is 9.73. The predicted octanol–water partition coefficient (Wildman–Crippen LogP) is 3.29. The molecule has 0 aromatic heterocycles. The summed E-state index contributed by atoms with van der Waals surface area (Å²) in [6.07, 6.45) is 0. The van der Waals surface area contributed by atoms with Crippen LogP contribution in [0.15, 0.2) is 137 Å². The van der Waals surface area contributed by atoms with Gasteiger partial charge in [0, 0.05) is 35.2 Å². The minimum absolute atomic E-state index is 0. The zero-order chi connectivity index (χ0) is 47.9. The summed E-state index contributed by atoms with van der Waals surface area (Å²) in [5.74, 6) is 0. The van der Waals surface area contributed by atoms with Crippen LogP contribution in [-0.4, -0.2) is 94.4 Å². The number of azo groups is 2. The molecule has 6 aromatic rings. The molecule has 0 bridgehead atoms. The largest absolute Gasteiger partial charge is 1.00 e. The van der Waals surface area contributed by atoms with Crippen LogP contribution in [-0.2, 0) is 40.5 Å². The van der Waals surface area contributed by atoms with Gasteiger partial charge >= 0.3 is 35.6 Å². The van der Waals surface area contributed by atoms with E-state index in [1.54, 1.807) is 50.2 Å². The fraction of sp³-hybridized carbons (Fsp3) is 0.154. The maximum atomic E-state index is 12.8. The van der Waals surface area contributed by atoms with Gasteiger partial charge in [-0.25, -0.2) is 13.2 Å². The number of rotatable bonds is 14. The van der Waals surface area contributed by atoms with Crippen LogP contribution in [0.25, 0.3) is 21.5 Å². The maximum absolute atomic E-state index is 12.8. The van der Waals surface area contributed by atoms with Gasteiger partial charge in [0.2, 0.25) is 0 Å². The molecule has 6 aromatic carbocycles. The SMILES string of the molecule is Cc1cc(NC(=O)Nc2ccc(N=Nc3ccc4cc(S(=O)(=O)O)cc(S(=O)(=O)O)c4c3)c(C)c2)ccc1N=Nc1ccc2cc(S(=O)(=O)O)cc(S(=O)(=O)[O-])c2c1.OCCNCCO.[Na+]. The van der Waals surface area contributed by atoms with E-state index >= 15 is 0 Å². The number of aryl methyl sites for hydroxylation is 2. The van der Waals surface area contributed by atoms with Gasteiger partial charge in [-0.1, -0.05) is 12.1 Å². The number of amides is 2. The first-order chi connectivity index (χ1) is 30.4. The summed E-state index contributed by atoms with van der Waals surface area (Å²) in [7, 11) is -19.6. The summed E-state index contributed by atoms with van der Waals surface area (Å²) in [6.45, 7) is 4.81. The van der Waals surface area contributed by atoms with Gasteiger partial charge in [0.05, 0.1) is 50.6 Å². The number of fused-ring (bicyclic) bond motifs is 2. The molecule has 0 aliphatic heterocycles. The third kappa shape index (κ3) is 14.4. The first-order valence-electron chi connectivity index (χ1n) is 18.5. The predicted molar refractivity (Wildman–Crippen MR) is 236 cm³/mol. The summed E-state index contributed by atoms with van der Waals surface area (Å²) < 4.78 is 135. The average Bonchev–Trinajstić information content (AvgIpc) is 3.21. The number of nitrogens with zero attached hydrogens (tertiary/aromatic N) is 4. The number of carbonyl (C=O) groups excluding carboxylic acids is 1. The van der Waals surface area contributed by atoms with Crippen LogP contribution >= 0.6 is 0 Å². The van der Waals surface area contributed by atoms with Gasteiger partial charge in [-0.3, -0.25) is 13.7 Å². The summed E-state index contributed by atoms with van der Waals surface area (Å²) in [5.41, 5.74) is 2.99. The van der Waals surface area contributed by atoms with Crippen molar-refractivity contribution in [3.8, 4) is 0 Å². The van der Waals surface area contributed by atoms with Crippen LogP contribution in [0, 0.1) is 13.8 Å². The number of nitrogens with one attached hydrogen (secondary N) is 3. The van der Waals surface area contributed by atoms with Gasteiger partial charge in [-0.05, 0) is 121 Å². The molecule has 6 rings (SSSR count). The number of benzene rings is 6. The Balaban J connectivity index is 0.00000110. The van der Waals surface area contributed by atoms with E-state index in [9.17, 15) is 56.7 Å². The minimum atomic E-state index is -5.15. The summed E-state index contributed by atoms with van der Waals surface area (Å²) in [6, 6.07) is 20.1. The number of hydrogen-bond donors (Lipinski definition) is 8. The van der Waals surface area contributed by atoms with Crippen molar-refractivity contribution in [3.63, 3.8) is 0 Å². The zero-order valence-electron chi connectivity index (χ0n) is 34.8. The van der Waals surface area contributed by atoms with Crippen molar-refractivity contribution < 1.29 is 96.4 Å². The number of urea groups is 1. The van der Waals surface area contributed by atoms with E-state index in [0.717, 1.165) is 12.1 Å². The van der Waals surface area contributed by atoms with Crippen LogP contribution in [0.5, 0.6) is 0 Å². The summed E-state index contributed by atoms with van der Waals surface area (Å²) in [5, 5.41) is 41.0. The van der Waals surface area contributed by atoms with E-state index in [0.29, 0.717) is 59.1 Å². The molecular weight excluding hydrogens is 958 g/mol. The molecule has 0 heterocycles. The first kappa shape index (κ1) is 53.4. The fourth-order valence-electron chi connectivity index (χ4n) is 5.90. The van der Waals surface area contributed by atoms with E-state index in [1.165, 1.54) is 36.4 Å². The number of hydrogen-bond acceptors (Lipinski definition) is 17. The molecule has 22 nitrogen and oxygen atoms in total. The van der Waals surface area contributed by atoms with Crippen molar-refractivity contribution in [2.45, 2.75) is 33.4 Å². The molecule has 27 heteroatoms. The standard InChI is InChI=1S/C35H28N6O13S4.C4H11NO2.Na/c1-19-11-23(7-9-31(19)40-38-25-5-3-21-13-27(55(43,44)45)17-33(29(21)15-25)57(49,50)51)36-35(42)37-24-8-10-32(20(2)12-24)41-39-26-6-4-22-14-28(56(46,47)48)18-34(30(22)16-26)58(52,53)54;6-3-1-5-2-4-7;/h3-18H,1-2H3,(H2,36,37,42)(H,43,44,45)(H,46,47,48)(H,49,50,51)(H,52,53,54);5-7H,1-4H2;/q;;+1/p-1. The van der Waals surface area contributed by atoms with Crippen LogP contribution in [0.4, 0.5) is 38.9 Å². The minimum Gasteiger partial charge on any atom is -0.744 e. The molecule has 0 unspecified atom stereocenters. The van der Waals surface area contributed by atoms with Gasteiger partial charge < -0.3 is 30.7 Å².